The predicted molar refractivity (Wildman–Crippen MR) is 78.2 cm³/mol. The van der Waals surface area contributed by atoms with E-state index in [1.165, 1.54) is 15.2 Å². The van der Waals surface area contributed by atoms with E-state index in [0.29, 0.717) is 19.0 Å². The average molecular weight is 316 g/mol. The van der Waals surface area contributed by atoms with Crippen molar-refractivity contribution in [2.45, 2.75) is 19.8 Å². The van der Waals surface area contributed by atoms with Gasteiger partial charge in [0.05, 0.1) is 11.8 Å². The molecule has 0 amide bonds. The summed E-state index contributed by atoms with van der Waals surface area (Å²) in [5.74, 6) is 0.498. The van der Waals surface area contributed by atoms with E-state index in [1.807, 2.05) is 0 Å². The lowest BCUT2D eigenvalue weighted by Gasteiger charge is -2.29. The molecule has 1 aromatic heterocycles. The van der Waals surface area contributed by atoms with Crippen LogP contribution in [0.25, 0.3) is 0 Å². The number of piperidine rings is 1. The van der Waals surface area contributed by atoms with Crippen LogP contribution in [-0.4, -0.2) is 46.6 Å². The number of amidine groups is 1. The van der Waals surface area contributed by atoms with Gasteiger partial charge in [-0.3, -0.25) is 9.40 Å². The lowest BCUT2D eigenvalue weighted by atomic mass is 10.0. The zero-order valence-corrected chi connectivity index (χ0v) is 12.8. The molecular weight excluding hydrogens is 296 g/mol. The van der Waals surface area contributed by atoms with Crippen molar-refractivity contribution in [1.82, 2.24) is 14.1 Å². The van der Waals surface area contributed by atoms with Crippen LogP contribution in [-0.2, 0) is 17.3 Å². The first kappa shape index (κ1) is 15.6. The van der Waals surface area contributed by atoms with Crippen LogP contribution < -0.4 is 10.5 Å². The lowest BCUT2D eigenvalue weighted by molar-refractivity contribution is 0.289. The number of nitrogens with zero attached hydrogens (tertiary/aromatic N) is 4. The van der Waals surface area contributed by atoms with Crippen LogP contribution in [0.15, 0.2) is 11.4 Å². The number of aromatic nitrogens is 2. The van der Waals surface area contributed by atoms with E-state index in [0.717, 1.165) is 12.8 Å². The van der Waals surface area contributed by atoms with Crippen LogP contribution in [0.1, 0.15) is 25.3 Å². The molecule has 0 saturated carbocycles. The van der Waals surface area contributed by atoms with Crippen LogP contribution >= 0.6 is 0 Å². The van der Waals surface area contributed by atoms with Crippen molar-refractivity contribution >= 4 is 21.9 Å². The van der Waals surface area contributed by atoms with E-state index in [-0.39, 0.29) is 17.2 Å². The number of rotatable bonds is 4. The van der Waals surface area contributed by atoms with Crippen molar-refractivity contribution in [2.75, 3.05) is 17.8 Å². The summed E-state index contributed by atoms with van der Waals surface area (Å²) in [5.41, 5.74) is 5.75. The van der Waals surface area contributed by atoms with Crippen molar-refractivity contribution in [3.8, 4) is 0 Å². The quantitative estimate of drug-likeness (QED) is 0.309. The third kappa shape index (κ3) is 3.27. The van der Waals surface area contributed by atoms with Crippen molar-refractivity contribution in [3.63, 3.8) is 0 Å². The van der Waals surface area contributed by atoms with Crippen molar-refractivity contribution in [1.29, 1.82) is 0 Å². The molecule has 0 aromatic carbocycles. The van der Waals surface area contributed by atoms with Crippen molar-refractivity contribution in [3.05, 3.63) is 11.8 Å². The summed E-state index contributed by atoms with van der Waals surface area (Å²) < 4.78 is 30.0. The molecule has 0 aliphatic carbocycles. The third-order valence-corrected chi connectivity index (χ3v) is 5.13. The Hall–Kier alpha value is -1.81. The van der Waals surface area contributed by atoms with Crippen LogP contribution in [0.4, 0.5) is 5.82 Å². The van der Waals surface area contributed by atoms with Gasteiger partial charge in [0.1, 0.15) is 5.82 Å². The van der Waals surface area contributed by atoms with E-state index < -0.39 is 10.2 Å². The van der Waals surface area contributed by atoms with Gasteiger partial charge in [0.25, 0.3) is 0 Å². The Bertz CT molecular complexity index is 630. The molecule has 0 unspecified atom stereocenters. The molecular formula is C11H20N6O3S. The molecule has 4 N–H and O–H groups in total. The molecule has 0 bridgehead atoms. The molecule has 10 heteroatoms. The fourth-order valence-corrected chi connectivity index (χ4v) is 3.52. The van der Waals surface area contributed by atoms with Gasteiger partial charge in [-0.1, -0.05) is 12.1 Å². The van der Waals surface area contributed by atoms with Crippen LogP contribution in [0.3, 0.4) is 0 Å². The highest BCUT2D eigenvalue weighted by molar-refractivity contribution is 7.90. The maximum absolute atomic E-state index is 12.4. The first-order valence-corrected chi connectivity index (χ1v) is 8.07. The molecule has 1 saturated heterocycles. The smallest absolute Gasteiger partial charge is 0.302 e. The summed E-state index contributed by atoms with van der Waals surface area (Å²) in [6, 6.07) is 0. The number of aryl methyl sites for hydroxylation is 1. The Morgan fingerprint density at radius 1 is 1.52 bits per heavy atom. The minimum absolute atomic E-state index is 0.170. The number of nitrogens with two attached hydrogens (primary N) is 1. The van der Waals surface area contributed by atoms with Crippen LogP contribution in [0, 0.1) is 5.92 Å². The predicted octanol–water partition coefficient (Wildman–Crippen LogP) is -0.0968. The molecule has 1 aromatic rings. The van der Waals surface area contributed by atoms with Crippen LogP contribution in [0.2, 0.25) is 0 Å². The summed E-state index contributed by atoms with van der Waals surface area (Å²) in [6.07, 6.45) is 3.00. The molecule has 9 nitrogen and oxygen atoms in total. The molecule has 1 aliphatic rings. The lowest BCUT2D eigenvalue weighted by Crippen LogP contribution is -2.41. The molecule has 2 heterocycles. The fraction of sp³-hybridized carbons (Fsp3) is 0.636. The highest BCUT2D eigenvalue weighted by Crippen LogP contribution is 2.21. The zero-order chi connectivity index (χ0) is 15.6. The van der Waals surface area contributed by atoms with Gasteiger partial charge in [-0.2, -0.15) is 17.8 Å². The normalized spacial score (nSPS) is 18.9. The van der Waals surface area contributed by atoms with E-state index in [9.17, 15) is 8.42 Å². The van der Waals surface area contributed by atoms with Crippen molar-refractivity contribution in [2.24, 2.45) is 23.9 Å². The average Bonchev–Trinajstić information content (AvgIpc) is 2.79. The maximum Gasteiger partial charge on any atom is 0.302 e. The van der Waals surface area contributed by atoms with E-state index in [1.54, 1.807) is 7.05 Å². The summed E-state index contributed by atoms with van der Waals surface area (Å²) in [6.45, 7) is 3.07. The Kier molecular flexibility index (Phi) is 4.37. The molecule has 1 fully saturated rings. The van der Waals surface area contributed by atoms with Gasteiger partial charge < -0.3 is 10.9 Å². The molecule has 21 heavy (non-hydrogen) atoms. The highest BCUT2D eigenvalue weighted by atomic mass is 32.2. The maximum atomic E-state index is 12.4. The molecule has 1 aliphatic heterocycles. The Labute approximate surface area is 123 Å². The first-order valence-electron chi connectivity index (χ1n) is 6.63. The number of hydrogen-bond donors (Lipinski definition) is 3. The summed E-state index contributed by atoms with van der Waals surface area (Å²) in [4.78, 5) is 0. The minimum Gasteiger partial charge on any atom is -0.409 e. The van der Waals surface area contributed by atoms with Gasteiger partial charge in [0.2, 0.25) is 0 Å². The highest BCUT2D eigenvalue weighted by Gasteiger charge is 2.28. The topological polar surface area (TPSA) is 126 Å². The van der Waals surface area contributed by atoms with Gasteiger partial charge in [-0.05, 0) is 18.8 Å². The molecule has 0 spiro atoms. The zero-order valence-electron chi connectivity index (χ0n) is 12.0. The molecule has 0 radical (unpaired) electrons. The largest absolute Gasteiger partial charge is 0.409 e. The number of oxime groups is 1. The molecule has 0 atom stereocenters. The third-order valence-electron chi connectivity index (χ3n) is 3.63. The Balaban J connectivity index is 2.23. The second-order valence-corrected chi connectivity index (χ2v) is 6.88. The van der Waals surface area contributed by atoms with Gasteiger partial charge in [-0.25, -0.2) is 0 Å². The number of nitrogens with one attached hydrogen (secondary N) is 1. The van der Waals surface area contributed by atoms with Gasteiger partial charge in [-0.15, -0.1) is 0 Å². The summed E-state index contributed by atoms with van der Waals surface area (Å²) in [5, 5.41) is 15.5. The monoisotopic (exact) mass is 316 g/mol. The van der Waals surface area contributed by atoms with Gasteiger partial charge >= 0.3 is 10.2 Å². The summed E-state index contributed by atoms with van der Waals surface area (Å²) >= 11 is 0. The van der Waals surface area contributed by atoms with Crippen LogP contribution in [0.5, 0.6) is 0 Å². The Morgan fingerprint density at radius 2 is 2.14 bits per heavy atom. The summed E-state index contributed by atoms with van der Waals surface area (Å²) in [7, 11) is -2.11. The van der Waals surface area contributed by atoms with E-state index >= 15 is 0 Å². The Morgan fingerprint density at radius 3 is 2.71 bits per heavy atom. The van der Waals surface area contributed by atoms with E-state index in [4.69, 9.17) is 10.9 Å². The van der Waals surface area contributed by atoms with Crippen molar-refractivity contribution < 1.29 is 13.6 Å². The van der Waals surface area contributed by atoms with Gasteiger partial charge in [0, 0.05) is 20.1 Å². The second kappa shape index (κ2) is 5.90. The molecule has 118 valence electrons. The first-order chi connectivity index (χ1) is 9.85. The SMILES string of the molecule is CC1CCN(S(=O)(=O)Nc2c(C(N)=NO)cnn2C)CC1. The standard InChI is InChI=1S/C11H20N6O3S/c1-8-3-5-17(6-4-8)21(19,20)15-11-9(10(12)14-18)7-13-16(11)2/h7-8,15,18H,3-6H2,1-2H3,(H2,12,14). The van der Waals surface area contributed by atoms with E-state index in [2.05, 4.69) is 21.9 Å². The minimum atomic E-state index is -3.69. The van der Waals surface area contributed by atoms with Gasteiger partial charge in [0.15, 0.2) is 5.84 Å². The molecule has 2 rings (SSSR count). The second-order valence-electron chi connectivity index (χ2n) is 5.20. The number of anilines is 1. The number of hydrogen-bond acceptors (Lipinski definition) is 5. The fourth-order valence-electron chi connectivity index (χ4n) is 2.21.